The van der Waals surface area contributed by atoms with Crippen molar-refractivity contribution in [1.82, 2.24) is 10.6 Å². The Hall–Kier alpha value is -2.08. The van der Waals surface area contributed by atoms with Crippen LogP contribution < -0.4 is 10.6 Å². The first-order valence-electron chi connectivity index (χ1n) is 13.6. The average molecular weight is 473 g/mol. The Labute approximate surface area is 205 Å². The summed E-state index contributed by atoms with van der Waals surface area (Å²) >= 11 is 0. The fraction of sp³-hybridized carbons (Fsp3) is 0.714. The van der Waals surface area contributed by atoms with E-state index in [1.165, 1.54) is 64.2 Å². The van der Waals surface area contributed by atoms with Gasteiger partial charge in [0.1, 0.15) is 12.6 Å². The van der Waals surface area contributed by atoms with E-state index >= 15 is 0 Å². The first kappa shape index (κ1) is 26.5. The molecular weight excluding hydrogens is 428 g/mol. The minimum absolute atomic E-state index is 0.141. The maximum Gasteiger partial charge on any atom is 0.408 e. The minimum atomic E-state index is -1.00. The van der Waals surface area contributed by atoms with Crippen molar-refractivity contribution in [2.24, 2.45) is 5.92 Å². The summed E-state index contributed by atoms with van der Waals surface area (Å²) in [5.74, 6) is -0.612. The molecule has 0 radical (unpaired) electrons. The third-order valence-corrected chi connectivity index (χ3v) is 7.53. The molecule has 3 fully saturated rings. The number of amides is 1. The molecule has 190 valence electrons. The van der Waals surface area contributed by atoms with Crippen molar-refractivity contribution in [2.75, 3.05) is 0 Å². The number of carbonyl (C=O) groups excluding carboxylic acids is 1. The number of rotatable bonds is 8. The maximum absolute atomic E-state index is 11.7. The number of carboxylic acids is 1. The van der Waals surface area contributed by atoms with Crippen LogP contribution in [0.15, 0.2) is 30.3 Å². The summed E-state index contributed by atoms with van der Waals surface area (Å²) in [4.78, 5) is 22.9. The van der Waals surface area contributed by atoms with Crippen molar-refractivity contribution in [3.05, 3.63) is 35.9 Å². The van der Waals surface area contributed by atoms with Gasteiger partial charge in [-0.2, -0.15) is 0 Å². The fourth-order valence-electron chi connectivity index (χ4n) is 5.58. The lowest BCUT2D eigenvalue weighted by Crippen LogP contribution is -2.42. The number of nitrogens with one attached hydrogen (secondary N) is 2. The van der Waals surface area contributed by atoms with Gasteiger partial charge >= 0.3 is 12.1 Å². The van der Waals surface area contributed by atoms with Gasteiger partial charge in [0.25, 0.3) is 0 Å². The molecule has 6 heteroatoms. The predicted molar refractivity (Wildman–Crippen MR) is 135 cm³/mol. The summed E-state index contributed by atoms with van der Waals surface area (Å²) in [5.41, 5.74) is 0.871. The van der Waals surface area contributed by atoms with E-state index < -0.39 is 18.1 Å². The Bertz CT molecular complexity index is 692. The highest BCUT2D eigenvalue weighted by molar-refractivity contribution is 5.79. The molecule has 1 atom stereocenters. The number of hydrogen-bond acceptors (Lipinski definition) is 4. The molecule has 0 spiro atoms. The minimum Gasteiger partial charge on any atom is -0.480 e. The van der Waals surface area contributed by atoms with E-state index in [2.05, 4.69) is 10.6 Å². The summed E-state index contributed by atoms with van der Waals surface area (Å²) in [6.07, 6.45) is 18.8. The van der Waals surface area contributed by atoms with E-state index in [0.29, 0.717) is 12.3 Å². The summed E-state index contributed by atoms with van der Waals surface area (Å²) in [6, 6.07) is 10.2. The highest BCUT2D eigenvalue weighted by Gasteiger charge is 2.26. The second-order valence-corrected chi connectivity index (χ2v) is 10.3. The predicted octanol–water partition coefficient (Wildman–Crippen LogP) is 6.19. The fourth-order valence-corrected chi connectivity index (χ4v) is 5.58. The van der Waals surface area contributed by atoms with E-state index in [1.54, 1.807) is 0 Å². The molecule has 1 amide bonds. The lowest BCUT2D eigenvalue weighted by Gasteiger charge is -2.30. The highest BCUT2D eigenvalue weighted by atomic mass is 16.5. The molecule has 0 saturated heterocycles. The van der Waals surface area contributed by atoms with E-state index in [9.17, 15) is 14.7 Å². The molecule has 0 heterocycles. The van der Waals surface area contributed by atoms with Crippen LogP contribution in [-0.2, 0) is 16.1 Å². The van der Waals surface area contributed by atoms with E-state index in [1.807, 2.05) is 30.3 Å². The highest BCUT2D eigenvalue weighted by Crippen LogP contribution is 2.28. The maximum atomic E-state index is 11.7. The molecule has 3 N–H and O–H groups in total. The van der Waals surface area contributed by atoms with Crippen LogP contribution in [0.2, 0.25) is 0 Å². The largest absolute Gasteiger partial charge is 0.480 e. The van der Waals surface area contributed by atoms with Crippen molar-refractivity contribution in [1.29, 1.82) is 0 Å². The first-order chi connectivity index (χ1) is 16.6. The molecule has 3 aliphatic carbocycles. The molecule has 4 rings (SSSR count). The number of hydrogen-bond donors (Lipinski definition) is 3. The molecule has 3 aliphatic rings. The zero-order valence-electron chi connectivity index (χ0n) is 20.7. The monoisotopic (exact) mass is 472 g/mol. The molecule has 6 nitrogen and oxygen atoms in total. The molecule has 0 unspecified atom stereocenters. The van der Waals surface area contributed by atoms with Crippen molar-refractivity contribution >= 4 is 12.1 Å². The molecule has 0 bridgehead atoms. The van der Waals surface area contributed by atoms with Crippen molar-refractivity contribution < 1.29 is 19.4 Å². The first-order valence-corrected chi connectivity index (χ1v) is 13.6. The normalized spacial score (nSPS) is 20.7. The van der Waals surface area contributed by atoms with E-state index in [-0.39, 0.29) is 6.61 Å². The molecule has 0 aromatic heterocycles. The summed E-state index contributed by atoms with van der Waals surface area (Å²) < 4.78 is 5.06. The molecule has 0 aliphatic heterocycles. The third-order valence-electron chi connectivity index (χ3n) is 7.53. The van der Waals surface area contributed by atoms with Crippen LogP contribution in [0.1, 0.15) is 102 Å². The number of carbonyl (C=O) groups is 2. The molecule has 1 aromatic carbocycles. The number of ether oxygens (including phenoxy) is 1. The number of alkyl carbamates (subject to hydrolysis) is 1. The standard InChI is InChI=1S/C16H21NO4.C12H23N/c18-15(19)14(10-12-6-4-5-7-12)17-16(20)21-11-13-8-2-1-3-9-13;1-3-7-11(8-4-1)13-12-9-5-2-6-10-12/h1-3,8-9,12,14H,4-7,10-11H2,(H,17,20)(H,18,19);11-13H,1-10H2/t14-;/m0./s1. The van der Waals surface area contributed by atoms with Gasteiger partial charge in [-0.15, -0.1) is 0 Å². The molecule has 1 aromatic rings. The Morgan fingerprint density at radius 1 is 0.824 bits per heavy atom. The Morgan fingerprint density at radius 3 is 1.88 bits per heavy atom. The van der Waals surface area contributed by atoms with Crippen LogP contribution in [0.25, 0.3) is 0 Å². The SMILES string of the molecule is C1CCC(NC2CCCCC2)CC1.O=C(N[C@@H](CC1CCCC1)C(=O)O)OCc1ccccc1. The number of aliphatic carboxylic acids is 1. The van der Waals surface area contributed by atoms with Crippen molar-refractivity contribution in [3.8, 4) is 0 Å². The van der Waals surface area contributed by atoms with Gasteiger partial charge in [0.15, 0.2) is 0 Å². The lowest BCUT2D eigenvalue weighted by atomic mass is 9.91. The Kier molecular flexibility index (Phi) is 11.7. The average Bonchev–Trinajstić information content (AvgIpc) is 3.38. The van der Waals surface area contributed by atoms with Crippen molar-refractivity contribution in [2.45, 2.75) is 121 Å². The van der Waals surface area contributed by atoms with Crippen molar-refractivity contribution in [3.63, 3.8) is 0 Å². The van der Waals surface area contributed by atoms with Gasteiger partial charge in [0.05, 0.1) is 0 Å². The van der Waals surface area contributed by atoms with Crippen LogP contribution in [0, 0.1) is 5.92 Å². The second kappa shape index (κ2) is 15.0. The van der Waals surface area contributed by atoms with Crippen LogP contribution in [0.4, 0.5) is 4.79 Å². The van der Waals surface area contributed by atoms with Crippen LogP contribution >= 0.6 is 0 Å². The van der Waals surface area contributed by atoms with Gasteiger partial charge in [-0.05, 0) is 43.6 Å². The summed E-state index contributed by atoms with van der Waals surface area (Å²) in [7, 11) is 0. The van der Waals surface area contributed by atoms with Crippen LogP contribution in [0.5, 0.6) is 0 Å². The van der Waals surface area contributed by atoms with Gasteiger partial charge in [-0.25, -0.2) is 9.59 Å². The van der Waals surface area contributed by atoms with E-state index in [4.69, 9.17) is 4.74 Å². The van der Waals surface area contributed by atoms with Gasteiger partial charge in [-0.1, -0.05) is 94.5 Å². The molecule has 34 heavy (non-hydrogen) atoms. The van der Waals surface area contributed by atoms with Gasteiger partial charge in [-0.3, -0.25) is 0 Å². The molecule has 3 saturated carbocycles. The number of benzene rings is 1. The summed E-state index contributed by atoms with van der Waals surface area (Å²) in [5, 5.41) is 15.5. The Balaban J connectivity index is 0.000000212. The smallest absolute Gasteiger partial charge is 0.408 e. The van der Waals surface area contributed by atoms with Gasteiger partial charge < -0.3 is 20.5 Å². The van der Waals surface area contributed by atoms with Gasteiger partial charge in [0.2, 0.25) is 0 Å². The summed E-state index contributed by atoms with van der Waals surface area (Å²) in [6.45, 7) is 0.141. The van der Waals surface area contributed by atoms with E-state index in [0.717, 1.165) is 43.3 Å². The molecular formula is C28H44N2O4. The topological polar surface area (TPSA) is 87.7 Å². The lowest BCUT2D eigenvalue weighted by molar-refractivity contribution is -0.139. The van der Waals surface area contributed by atoms with Crippen LogP contribution in [-0.4, -0.2) is 35.3 Å². The van der Waals surface area contributed by atoms with Crippen LogP contribution in [0.3, 0.4) is 0 Å². The third kappa shape index (κ3) is 10.0. The number of carboxylic acid groups (broad SMARTS) is 1. The quantitative estimate of drug-likeness (QED) is 0.420. The zero-order valence-corrected chi connectivity index (χ0v) is 20.7. The van der Waals surface area contributed by atoms with Gasteiger partial charge in [0, 0.05) is 12.1 Å². The Morgan fingerprint density at radius 2 is 1.35 bits per heavy atom. The zero-order chi connectivity index (χ0) is 24.0. The second-order valence-electron chi connectivity index (χ2n) is 10.3.